The van der Waals surface area contributed by atoms with Crippen LogP contribution in [0.15, 0.2) is 58.6 Å². The lowest BCUT2D eigenvalue weighted by Crippen LogP contribution is -2.23. The SMILES string of the molecule is C=C/C(=C(C)\C=N/Cn1ccc(C(C)(C)O)n1)n1c(C)cc(OCc2ncc(F)cc2Cl)c(Cl)c1=O. The second-order valence-electron chi connectivity index (χ2n) is 8.50. The minimum absolute atomic E-state index is 0.0971. The van der Waals surface area contributed by atoms with Crippen LogP contribution in [0.5, 0.6) is 5.75 Å². The van der Waals surface area contributed by atoms with Gasteiger partial charge in [-0.15, -0.1) is 0 Å². The van der Waals surface area contributed by atoms with Gasteiger partial charge in [-0.05, 0) is 51.5 Å². The summed E-state index contributed by atoms with van der Waals surface area (Å²) in [5.41, 5.74) is 0.996. The third-order valence-electron chi connectivity index (χ3n) is 5.17. The molecule has 0 aliphatic carbocycles. The number of pyridine rings is 2. The van der Waals surface area contributed by atoms with Gasteiger partial charge >= 0.3 is 0 Å². The van der Waals surface area contributed by atoms with Crippen molar-refractivity contribution in [1.82, 2.24) is 19.3 Å². The molecule has 0 saturated carbocycles. The van der Waals surface area contributed by atoms with Crippen LogP contribution in [0, 0.1) is 12.7 Å². The predicted octanol–water partition coefficient (Wildman–Crippen LogP) is 5.15. The topological polar surface area (TPSA) is 94.5 Å². The maximum Gasteiger partial charge on any atom is 0.277 e. The first-order valence-corrected chi connectivity index (χ1v) is 11.6. The zero-order valence-corrected chi connectivity index (χ0v) is 21.8. The Morgan fingerprint density at radius 2 is 2.08 bits per heavy atom. The smallest absolute Gasteiger partial charge is 0.277 e. The fraction of sp³-hybridized carbons (Fsp3) is 0.280. The van der Waals surface area contributed by atoms with Crippen molar-refractivity contribution in [1.29, 1.82) is 0 Å². The summed E-state index contributed by atoms with van der Waals surface area (Å²) in [4.78, 5) is 21.4. The third-order valence-corrected chi connectivity index (χ3v) is 5.84. The molecule has 3 aromatic heterocycles. The van der Waals surface area contributed by atoms with Gasteiger partial charge in [0.25, 0.3) is 5.56 Å². The Morgan fingerprint density at radius 3 is 2.69 bits per heavy atom. The van der Waals surface area contributed by atoms with E-state index >= 15 is 0 Å². The number of ether oxygens (including phenoxy) is 1. The Balaban J connectivity index is 1.84. The fourth-order valence-electron chi connectivity index (χ4n) is 3.30. The molecular formula is C25H26Cl2FN5O3. The summed E-state index contributed by atoms with van der Waals surface area (Å²) in [5.74, 6) is -0.417. The number of aryl methyl sites for hydroxylation is 1. The largest absolute Gasteiger partial charge is 0.485 e. The highest BCUT2D eigenvalue weighted by atomic mass is 35.5. The molecule has 0 atom stereocenters. The quantitative estimate of drug-likeness (QED) is 0.303. The van der Waals surface area contributed by atoms with Crippen molar-refractivity contribution in [3.05, 3.63) is 92.1 Å². The molecule has 0 amide bonds. The van der Waals surface area contributed by atoms with Gasteiger partial charge in [0.2, 0.25) is 0 Å². The van der Waals surface area contributed by atoms with Crippen LogP contribution in [-0.4, -0.2) is 30.7 Å². The zero-order valence-electron chi connectivity index (χ0n) is 20.3. The Hall–Kier alpha value is -3.27. The molecule has 0 bridgehead atoms. The first-order valence-electron chi connectivity index (χ1n) is 10.9. The second kappa shape index (κ2) is 11.2. The summed E-state index contributed by atoms with van der Waals surface area (Å²) in [6.45, 7) is 10.8. The molecule has 0 radical (unpaired) electrons. The zero-order chi connectivity index (χ0) is 26.6. The average molecular weight is 534 g/mol. The molecule has 0 aliphatic rings. The molecule has 11 heteroatoms. The van der Waals surface area contributed by atoms with E-state index in [-0.39, 0.29) is 29.1 Å². The van der Waals surface area contributed by atoms with Crippen LogP contribution in [0.4, 0.5) is 4.39 Å². The van der Waals surface area contributed by atoms with E-state index in [4.69, 9.17) is 27.9 Å². The fourth-order valence-corrected chi connectivity index (χ4v) is 3.71. The van der Waals surface area contributed by atoms with E-state index in [0.29, 0.717) is 28.4 Å². The second-order valence-corrected chi connectivity index (χ2v) is 9.29. The van der Waals surface area contributed by atoms with E-state index in [1.165, 1.54) is 10.6 Å². The predicted molar refractivity (Wildman–Crippen MR) is 139 cm³/mol. The highest BCUT2D eigenvalue weighted by molar-refractivity contribution is 6.32. The van der Waals surface area contributed by atoms with Crippen LogP contribution in [-0.2, 0) is 18.9 Å². The van der Waals surface area contributed by atoms with Crippen LogP contribution in [0.3, 0.4) is 0 Å². The molecule has 0 spiro atoms. The normalized spacial score (nSPS) is 12.7. The van der Waals surface area contributed by atoms with Crippen LogP contribution in [0.2, 0.25) is 10.0 Å². The van der Waals surface area contributed by atoms with Crippen LogP contribution in [0.25, 0.3) is 5.70 Å². The van der Waals surface area contributed by atoms with Gasteiger partial charge < -0.3 is 9.84 Å². The summed E-state index contributed by atoms with van der Waals surface area (Å²) < 4.78 is 21.9. The van der Waals surface area contributed by atoms with E-state index in [2.05, 4.69) is 21.7 Å². The molecule has 0 fully saturated rings. The lowest BCUT2D eigenvalue weighted by molar-refractivity contribution is 0.0730. The minimum atomic E-state index is -1.05. The Kier molecular flexibility index (Phi) is 8.50. The van der Waals surface area contributed by atoms with E-state index < -0.39 is 17.0 Å². The number of hydrogen-bond donors (Lipinski definition) is 1. The van der Waals surface area contributed by atoms with Crippen molar-refractivity contribution in [3.8, 4) is 5.75 Å². The number of nitrogens with zero attached hydrogens (tertiary/aromatic N) is 5. The Labute approximate surface area is 218 Å². The molecule has 0 aliphatic heterocycles. The van der Waals surface area contributed by atoms with Gasteiger partial charge in [0, 0.05) is 24.2 Å². The summed E-state index contributed by atoms with van der Waals surface area (Å²) >= 11 is 12.3. The Bertz CT molecular complexity index is 1400. The summed E-state index contributed by atoms with van der Waals surface area (Å²) in [6, 6.07) is 4.46. The van der Waals surface area contributed by atoms with Gasteiger partial charge in [-0.1, -0.05) is 29.8 Å². The van der Waals surface area contributed by atoms with Gasteiger partial charge in [0.05, 0.1) is 28.3 Å². The van der Waals surface area contributed by atoms with Crippen molar-refractivity contribution in [2.24, 2.45) is 4.99 Å². The highest BCUT2D eigenvalue weighted by Crippen LogP contribution is 2.26. The molecule has 0 unspecified atom stereocenters. The molecule has 3 heterocycles. The lowest BCUT2D eigenvalue weighted by atomic mass is 10.1. The molecule has 0 aromatic carbocycles. The van der Waals surface area contributed by atoms with E-state index in [0.717, 1.165) is 12.3 Å². The van der Waals surface area contributed by atoms with Crippen LogP contribution < -0.4 is 10.3 Å². The van der Waals surface area contributed by atoms with Crippen molar-refractivity contribution < 1.29 is 14.2 Å². The van der Waals surface area contributed by atoms with Gasteiger partial charge in [-0.3, -0.25) is 24.0 Å². The first-order chi connectivity index (χ1) is 16.9. The summed E-state index contributed by atoms with van der Waals surface area (Å²) in [7, 11) is 0. The molecule has 3 rings (SSSR count). The van der Waals surface area contributed by atoms with E-state index in [9.17, 15) is 14.3 Å². The number of aliphatic hydroxyl groups is 1. The van der Waals surface area contributed by atoms with Crippen molar-refractivity contribution in [2.75, 3.05) is 0 Å². The summed E-state index contributed by atoms with van der Waals surface area (Å²) in [6.07, 6.45) is 5.89. The molecule has 36 heavy (non-hydrogen) atoms. The molecule has 3 aromatic rings. The van der Waals surface area contributed by atoms with Gasteiger partial charge in [-0.2, -0.15) is 5.10 Å². The van der Waals surface area contributed by atoms with Gasteiger partial charge in [-0.25, -0.2) is 4.39 Å². The van der Waals surface area contributed by atoms with Gasteiger partial charge in [0.15, 0.2) is 0 Å². The Morgan fingerprint density at radius 1 is 1.36 bits per heavy atom. The third kappa shape index (κ3) is 6.29. The number of aromatic nitrogens is 4. The number of aliphatic imine (C=N–C) groups is 1. The van der Waals surface area contributed by atoms with Crippen molar-refractivity contribution in [2.45, 2.75) is 46.6 Å². The monoisotopic (exact) mass is 533 g/mol. The van der Waals surface area contributed by atoms with Crippen molar-refractivity contribution in [3.63, 3.8) is 0 Å². The molecular weight excluding hydrogens is 508 g/mol. The first kappa shape index (κ1) is 27.3. The summed E-state index contributed by atoms with van der Waals surface area (Å²) in [5, 5.41) is 14.3. The van der Waals surface area contributed by atoms with Gasteiger partial charge in [0.1, 0.15) is 35.5 Å². The number of allylic oxidation sites excluding steroid dienone is 3. The van der Waals surface area contributed by atoms with E-state index in [1.54, 1.807) is 56.9 Å². The maximum atomic E-state index is 13.2. The maximum absolute atomic E-state index is 13.2. The van der Waals surface area contributed by atoms with Crippen molar-refractivity contribution >= 4 is 35.1 Å². The lowest BCUT2D eigenvalue weighted by Gasteiger charge is -2.16. The number of hydrogen-bond acceptors (Lipinski definition) is 6. The van der Waals surface area contributed by atoms with Crippen LogP contribution in [0.1, 0.15) is 37.9 Å². The molecule has 8 nitrogen and oxygen atoms in total. The molecule has 1 N–H and O–H groups in total. The number of halogens is 3. The highest BCUT2D eigenvalue weighted by Gasteiger charge is 2.19. The molecule has 0 saturated heterocycles. The van der Waals surface area contributed by atoms with E-state index in [1.807, 2.05) is 0 Å². The number of rotatable bonds is 9. The molecule has 190 valence electrons. The average Bonchev–Trinajstić information content (AvgIpc) is 3.28. The minimum Gasteiger partial charge on any atom is -0.485 e. The van der Waals surface area contributed by atoms with Crippen LogP contribution >= 0.6 is 23.2 Å². The standard InChI is InChI=1S/C25H26Cl2FN5O3/c1-6-20(15(2)11-29-14-32-8-7-22(31-32)25(4,5)35)33-16(3)9-21(23(27)24(33)34)36-13-19-18(26)10-17(28)12-30-19/h6-12,35H,1,13-14H2,2-5H3/b20-15+,29-11-.